The van der Waals surface area contributed by atoms with Crippen LogP contribution in [0, 0.1) is 25.7 Å². The number of unbranched alkanes of at least 4 members (excludes halogenated alkanes) is 1. The molecule has 2 aromatic rings. The Kier molecular flexibility index (Phi) is 17.2. The second-order valence-electron chi connectivity index (χ2n) is 14.4. The molecule has 0 aliphatic heterocycles. The Labute approximate surface area is 314 Å². The second kappa shape index (κ2) is 21.5. The van der Waals surface area contributed by atoms with E-state index in [9.17, 15) is 29.1 Å². The monoisotopic (exact) mass is 738 g/mol. The largest absolute Gasteiger partial charge is 0.508 e. The maximum absolute atomic E-state index is 14.3. The fourth-order valence-electron chi connectivity index (χ4n) is 5.96. The van der Waals surface area contributed by atoms with Crippen molar-refractivity contribution < 1.29 is 35.2 Å². The number of nitrogens with one attached hydrogen (secondary N) is 2. The number of ether oxygens (including phenoxy) is 1. The fraction of sp³-hybridized carbons (Fsp3) is 0.538. The first-order valence-corrected chi connectivity index (χ1v) is 18.0. The van der Waals surface area contributed by atoms with Gasteiger partial charge in [0.05, 0.1) is 12.1 Å². The van der Waals surface area contributed by atoms with Gasteiger partial charge >= 0.3 is 6.09 Å². The molecule has 0 fully saturated rings. The minimum Gasteiger partial charge on any atom is -0.508 e. The first-order valence-electron chi connectivity index (χ1n) is 18.5. The van der Waals surface area contributed by atoms with Crippen LogP contribution in [0.1, 0.15) is 89.3 Å². The van der Waals surface area contributed by atoms with Crippen molar-refractivity contribution in [2.75, 3.05) is 13.1 Å². The minimum atomic E-state index is -1.98. The topological polar surface area (TPSA) is 255 Å². The van der Waals surface area contributed by atoms with Gasteiger partial charge in [-0.15, -0.1) is 0 Å². The molecule has 292 valence electrons. The number of Topliss-reactive ketones (excluding diaryl/α,β-unsaturated/α-hetero) is 2. The van der Waals surface area contributed by atoms with E-state index in [0.29, 0.717) is 42.5 Å². The van der Waals surface area contributed by atoms with Gasteiger partial charge in [0.25, 0.3) is 0 Å². The minimum absolute atomic E-state index is 0.0441. The number of aliphatic imine (C=N–C) groups is 1. The second-order valence-corrected chi connectivity index (χ2v) is 14.4. The van der Waals surface area contributed by atoms with Crippen LogP contribution in [0.5, 0.6) is 5.75 Å². The lowest BCUT2D eigenvalue weighted by Crippen LogP contribution is -2.48. The summed E-state index contributed by atoms with van der Waals surface area (Å²) in [5.74, 6) is -5.71. The van der Waals surface area contributed by atoms with Crippen molar-refractivity contribution >= 4 is 35.4 Å². The Bertz CT molecular complexity index is 1600. The third-order valence-electron chi connectivity index (χ3n) is 8.62. The van der Waals surface area contributed by atoms with E-state index in [2.05, 4.69) is 15.6 Å². The van der Waals surface area contributed by atoms with E-state index in [0.717, 1.165) is 5.56 Å². The van der Waals surface area contributed by atoms with Crippen molar-refractivity contribution in [2.45, 2.75) is 110 Å². The molecule has 4 atom stereocenters. The molecule has 0 bridgehead atoms. The molecule has 14 heteroatoms. The summed E-state index contributed by atoms with van der Waals surface area (Å²) in [5.41, 5.74) is 24.2. The molecule has 0 unspecified atom stereocenters. The first kappa shape index (κ1) is 42.4. The fourth-order valence-corrected chi connectivity index (χ4v) is 5.96. The summed E-state index contributed by atoms with van der Waals surface area (Å²) in [7, 11) is 0. The van der Waals surface area contributed by atoms with Gasteiger partial charge in [-0.2, -0.15) is 0 Å². The average Bonchev–Trinajstić information content (AvgIpc) is 3.05. The molecule has 0 aliphatic carbocycles. The number of phenolic OH excluding ortho intramolecular Hbond substituents is 1. The molecule has 14 nitrogen and oxygen atoms in total. The van der Waals surface area contributed by atoms with Gasteiger partial charge in [0.2, 0.25) is 11.8 Å². The summed E-state index contributed by atoms with van der Waals surface area (Å²) in [6, 6.07) is 9.70. The highest BCUT2D eigenvalue weighted by Crippen LogP contribution is 2.26. The molecule has 3 amide bonds. The van der Waals surface area contributed by atoms with Crippen LogP contribution in [-0.4, -0.2) is 71.3 Å². The molecule has 0 saturated carbocycles. The average molecular weight is 739 g/mol. The zero-order chi connectivity index (χ0) is 40.6. The molecule has 11 N–H and O–H groups in total. The molecular formula is C39H59N7O7. The Morgan fingerprint density at radius 1 is 0.868 bits per heavy atom. The van der Waals surface area contributed by atoms with Crippen molar-refractivity contribution in [1.82, 2.24) is 10.6 Å². The first-order chi connectivity index (χ1) is 25.2. The predicted octanol–water partition coefficient (Wildman–Crippen LogP) is 2.99. The van der Waals surface area contributed by atoms with Crippen molar-refractivity contribution in [3.8, 4) is 5.75 Å². The molecule has 0 radical (unpaired) electrons. The van der Waals surface area contributed by atoms with Gasteiger partial charge in [-0.1, -0.05) is 30.3 Å². The lowest BCUT2D eigenvalue weighted by Gasteiger charge is -2.26. The van der Waals surface area contributed by atoms with Crippen LogP contribution in [0.25, 0.3) is 0 Å². The highest BCUT2D eigenvalue weighted by atomic mass is 16.6. The third-order valence-corrected chi connectivity index (χ3v) is 8.62. The molecule has 0 aliphatic rings. The number of alkyl carbamates (subject to hydrolysis) is 1. The van der Waals surface area contributed by atoms with Crippen LogP contribution in [-0.2, 0) is 36.8 Å². The number of carbonyl (C=O) groups excluding carboxylic acids is 5. The maximum Gasteiger partial charge on any atom is 0.408 e. The Balaban J connectivity index is 2.48. The van der Waals surface area contributed by atoms with E-state index in [1.165, 1.54) is 0 Å². The lowest BCUT2D eigenvalue weighted by atomic mass is 9.86. The van der Waals surface area contributed by atoms with Crippen molar-refractivity contribution in [1.29, 1.82) is 0 Å². The van der Waals surface area contributed by atoms with Crippen molar-refractivity contribution in [2.24, 2.45) is 39.7 Å². The molecule has 0 aromatic heterocycles. The molecule has 2 rings (SSSR count). The van der Waals surface area contributed by atoms with Gasteiger partial charge in [-0.3, -0.25) is 24.2 Å². The number of ketones is 2. The number of nitrogens with zero attached hydrogens (tertiary/aromatic N) is 1. The summed E-state index contributed by atoms with van der Waals surface area (Å²) in [6.45, 7) is 9.15. The molecule has 0 saturated heterocycles. The molecule has 53 heavy (non-hydrogen) atoms. The quantitative estimate of drug-likeness (QED) is 0.0528. The standard InChI is InChI=1S/C39H59N7O7/c1-24-18-29(47)19-25(2)30(24)21-28(23-34(49)32(15-11-17-44-37(42)43)46-38(52)53-39(3,4)5)36(51)45-31(14-9-10-16-40)33(48)22-27(35(41)50)20-26-12-7-6-8-13-26/h6-8,12-13,18-19,27-28,31-32,47H,9-11,14-17,20-23,40H2,1-5H3,(H2,41,50)(H,45,51)(H,46,52)(H4,42,43,44)/t27-,28-,31+,32-/m1/s1/i27D. The van der Waals surface area contributed by atoms with Gasteiger partial charge in [0.15, 0.2) is 17.5 Å². The van der Waals surface area contributed by atoms with Crippen LogP contribution < -0.4 is 33.6 Å². The van der Waals surface area contributed by atoms with Crippen LogP contribution >= 0.6 is 0 Å². The van der Waals surface area contributed by atoms with E-state index >= 15 is 0 Å². The number of phenols is 1. The summed E-state index contributed by atoms with van der Waals surface area (Å²) in [5, 5.41) is 15.6. The molecular weight excluding hydrogens is 678 g/mol. The van der Waals surface area contributed by atoms with E-state index in [4.69, 9.17) is 29.0 Å². The van der Waals surface area contributed by atoms with Gasteiger partial charge < -0.3 is 43.4 Å². The number of aromatic hydroxyl groups is 1. The number of hydrogen-bond donors (Lipinski definition) is 7. The Morgan fingerprint density at radius 3 is 2.02 bits per heavy atom. The van der Waals surface area contributed by atoms with Gasteiger partial charge in [0.1, 0.15) is 11.4 Å². The van der Waals surface area contributed by atoms with Crippen LogP contribution in [0.2, 0.25) is 0 Å². The number of rotatable bonds is 22. The van der Waals surface area contributed by atoms with E-state index < -0.39 is 65.4 Å². The van der Waals surface area contributed by atoms with Crippen LogP contribution in [0.3, 0.4) is 0 Å². The Morgan fingerprint density at radius 2 is 1.45 bits per heavy atom. The molecule has 2 aromatic carbocycles. The maximum atomic E-state index is 14.3. The SMILES string of the molecule is [2H][C@](CC(=O)[C@H](CCCCN)NC(=O)[C@@H](CC(=O)[C@@H](CCCN=C(N)N)NC(=O)OC(C)(C)C)Cc1c(C)cc(O)cc1C)(Cc1ccccc1)C(N)=O. The molecule has 0 spiro atoms. The van der Waals surface area contributed by atoms with Crippen LogP contribution in [0.15, 0.2) is 47.5 Å². The number of hydrogen-bond acceptors (Lipinski definition) is 9. The lowest BCUT2D eigenvalue weighted by molar-refractivity contribution is -0.134. The number of aryl methyl sites for hydroxylation is 2. The van der Waals surface area contributed by atoms with Gasteiger partial charge in [-0.05, 0) is 120 Å². The van der Waals surface area contributed by atoms with E-state index in [1.54, 1.807) is 77.1 Å². The summed E-state index contributed by atoms with van der Waals surface area (Å²) in [4.78, 5) is 71.6. The van der Waals surface area contributed by atoms with Gasteiger partial charge in [0, 0.05) is 32.6 Å². The van der Waals surface area contributed by atoms with Crippen molar-refractivity contribution in [3.63, 3.8) is 0 Å². The summed E-state index contributed by atoms with van der Waals surface area (Å²) in [6.07, 6.45) is -0.0990. The van der Waals surface area contributed by atoms with Crippen LogP contribution in [0.4, 0.5) is 4.79 Å². The number of primary amides is 1. The normalized spacial score (nSPS) is 14.4. The third kappa shape index (κ3) is 16.5. The molecule has 0 heterocycles. The zero-order valence-corrected chi connectivity index (χ0v) is 31.7. The number of guanidine groups is 1. The van der Waals surface area contributed by atoms with Gasteiger partial charge in [-0.25, -0.2) is 4.79 Å². The Hall–Kier alpha value is -4.98. The van der Waals surface area contributed by atoms with E-state index in [-0.39, 0.29) is 50.4 Å². The number of nitrogens with two attached hydrogens (primary N) is 4. The van der Waals surface area contributed by atoms with Crippen molar-refractivity contribution in [3.05, 3.63) is 64.7 Å². The smallest absolute Gasteiger partial charge is 0.408 e. The summed E-state index contributed by atoms with van der Waals surface area (Å²) < 4.78 is 14.3. The number of carbonyl (C=O) groups is 5. The predicted molar refractivity (Wildman–Crippen MR) is 205 cm³/mol. The highest BCUT2D eigenvalue weighted by Gasteiger charge is 2.33. The zero-order valence-electron chi connectivity index (χ0n) is 32.7. The highest BCUT2D eigenvalue weighted by molar-refractivity contribution is 5.95. The van der Waals surface area contributed by atoms with E-state index in [1.807, 2.05) is 0 Å². The number of benzene rings is 2. The number of amides is 3. The summed E-state index contributed by atoms with van der Waals surface area (Å²) >= 11 is 0.